The number of benzene rings is 2. The minimum absolute atomic E-state index is 0.105. The number of ether oxygens (including phenoxy) is 1. The number of fused-ring (bicyclic) bond motifs is 1. The SMILES string of the molecule is COc1ccc(N(Cc2cccs2)C(=O)Cn2cnc3ccc(Br)cc3c2=O)cc1. The molecule has 0 fully saturated rings. The number of hydrogen-bond acceptors (Lipinski definition) is 5. The minimum atomic E-state index is -0.250. The van der Waals surface area contributed by atoms with Crippen LogP contribution < -0.4 is 15.2 Å². The van der Waals surface area contributed by atoms with Crippen LogP contribution in [0.4, 0.5) is 5.69 Å². The van der Waals surface area contributed by atoms with Crippen LogP contribution in [0.25, 0.3) is 10.9 Å². The smallest absolute Gasteiger partial charge is 0.261 e. The molecule has 30 heavy (non-hydrogen) atoms. The second kappa shape index (κ2) is 8.81. The number of carbonyl (C=O) groups excluding carboxylic acids is 1. The van der Waals surface area contributed by atoms with Crippen molar-refractivity contribution < 1.29 is 9.53 Å². The zero-order chi connectivity index (χ0) is 21.1. The number of methoxy groups -OCH3 is 1. The summed E-state index contributed by atoms with van der Waals surface area (Å²) >= 11 is 4.96. The Kier molecular flexibility index (Phi) is 5.96. The normalized spacial score (nSPS) is 10.9. The van der Waals surface area contributed by atoms with Gasteiger partial charge in [0.25, 0.3) is 5.56 Å². The molecule has 4 rings (SSSR count). The molecule has 0 N–H and O–H groups in total. The molecule has 1 amide bonds. The number of aromatic nitrogens is 2. The van der Waals surface area contributed by atoms with Gasteiger partial charge in [-0.15, -0.1) is 11.3 Å². The fourth-order valence-electron chi connectivity index (χ4n) is 3.12. The van der Waals surface area contributed by atoms with Gasteiger partial charge in [0.1, 0.15) is 12.3 Å². The molecule has 8 heteroatoms. The highest BCUT2D eigenvalue weighted by Crippen LogP contribution is 2.23. The van der Waals surface area contributed by atoms with Crippen LogP contribution in [0.1, 0.15) is 4.88 Å². The predicted molar refractivity (Wildman–Crippen MR) is 122 cm³/mol. The van der Waals surface area contributed by atoms with Gasteiger partial charge < -0.3 is 9.64 Å². The molecule has 0 aliphatic rings. The van der Waals surface area contributed by atoms with Crippen molar-refractivity contribution in [2.45, 2.75) is 13.1 Å². The topological polar surface area (TPSA) is 64.4 Å². The van der Waals surface area contributed by atoms with E-state index in [0.29, 0.717) is 23.2 Å². The summed E-state index contributed by atoms with van der Waals surface area (Å²) in [6.07, 6.45) is 1.42. The molecule has 0 radical (unpaired) electrons. The molecule has 2 aromatic carbocycles. The average molecular weight is 484 g/mol. The maximum absolute atomic E-state index is 13.3. The zero-order valence-electron chi connectivity index (χ0n) is 16.1. The third-order valence-electron chi connectivity index (χ3n) is 4.67. The van der Waals surface area contributed by atoms with Crippen LogP contribution in [0.5, 0.6) is 5.75 Å². The molecule has 0 bridgehead atoms. The van der Waals surface area contributed by atoms with E-state index in [2.05, 4.69) is 20.9 Å². The third-order valence-corrected chi connectivity index (χ3v) is 6.03. The van der Waals surface area contributed by atoms with E-state index >= 15 is 0 Å². The van der Waals surface area contributed by atoms with Gasteiger partial charge in [-0.05, 0) is 53.9 Å². The van der Waals surface area contributed by atoms with E-state index in [4.69, 9.17) is 4.74 Å². The summed E-state index contributed by atoms with van der Waals surface area (Å²) in [4.78, 5) is 33.2. The van der Waals surface area contributed by atoms with Gasteiger partial charge in [0, 0.05) is 15.0 Å². The van der Waals surface area contributed by atoms with E-state index < -0.39 is 0 Å². The lowest BCUT2D eigenvalue weighted by Gasteiger charge is -2.23. The second-order valence-electron chi connectivity index (χ2n) is 6.60. The molecule has 0 saturated carbocycles. The van der Waals surface area contributed by atoms with Gasteiger partial charge in [-0.1, -0.05) is 22.0 Å². The Labute approximate surface area is 185 Å². The third kappa shape index (κ3) is 4.29. The van der Waals surface area contributed by atoms with Gasteiger partial charge >= 0.3 is 0 Å². The number of rotatable bonds is 6. The number of anilines is 1. The lowest BCUT2D eigenvalue weighted by molar-refractivity contribution is -0.119. The Bertz CT molecular complexity index is 1240. The first-order valence-corrected chi connectivity index (χ1v) is 10.8. The zero-order valence-corrected chi connectivity index (χ0v) is 18.5. The second-order valence-corrected chi connectivity index (χ2v) is 8.54. The van der Waals surface area contributed by atoms with Crippen LogP contribution in [0, 0.1) is 0 Å². The first kappa shape index (κ1) is 20.3. The van der Waals surface area contributed by atoms with Gasteiger partial charge in [0.2, 0.25) is 5.91 Å². The lowest BCUT2D eigenvalue weighted by Crippen LogP contribution is -2.36. The largest absolute Gasteiger partial charge is 0.497 e. The molecular formula is C22H18BrN3O3S. The first-order valence-electron chi connectivity index (χ1n) is 9.16. The van der Waals surface area contributed by atoms with Crippen molar-refractivity contribution in [1.82, 2.24) is 9.55 Å². The van der Waals surface area contributed by atoms with Gasteiger partial charge in [-0.2, -0.15) is 0 Å². The summed E-state index contributed by atoms with van der Waals surface area (Å²) in [7, 11) is 1.60. The van der Waals surface area contributed by atoms with E-state index in [1.54, 1.807) is 35.5 Å². The molecule has 4 aromatic rings. The molecule has 0 atom stereocenters. The Morgan fingerprint density at radius 3 is 2.70 bits per heavy atom. The highest BCUT2D eigenvalue weighted by Gasteiger charge is 2.19. The molecule has 0 spiro atoms. The molecule has 0 saturated heterocycles. The van der Waals surface area contributed by atoms with Crippen LogP contribution in [0.2, 0.25) is 0 Å². The van der Waals surface area contributed by atoms with E-state index in [0.717, 1.165) is 15.0 Å². The van der Waals surface area contributed by atoms with Crippen molar-refractivity contribution in [3.05, 3.63) is 86.0 Å². The molecule has 6 nitrogen and oxygen atoms in total. The Balaban J connectivity index is 1.66. The molecule has 0 aliphatic heterocycles. The van der Waals surface area contributed by atoms with E-state index in [1.165, 1.54) is 10.9 Å². The van der Waals surface area contributed by atoms with Crippen LogP contribution in [0.15, 0.2) is 75.6 Å². The van der Waals surface area contributed by atoms with Crippen molar-refractivity contribution in [2.24, 2.45) is 0 Å². The fraction of sp³-hybridized carbons (Fsp3) is 0.136. The van der Waals surface area contributed by atoms with E-state index in [9.17, 15) is 9.59 Å². The van der Waals surface area contributed by atoms with E-state index in [-0.39, 0.29) is 18.0 Å². The van der Waals surface area contributed by atoms with Crippen molar-refractivity contribution >= 4 is 49.8 Å². The quantitative estimate of drug-likeness (QED) is 0.406. The highest BCUT2D eigenvalue weighted by atomic mass is 79.9. The van der Waals surface area contributed by atoms with E-state index in [1.807, 2.05) is 47.8 Å². The van der Waals surface area contributed by atoms with Crippen LogP contribution in [0.3, 0.4) is 0 Å². The predicted octanol–water partition coefficient (Wildman–Crippen LogP) is 4.46. The summed E-state index contributed by atoms with van der Waals surface area (Å²) in [6.45, 7) is 0.315. The number of hydrogen-bond donors (Lipinski definition) is 0. The fourth-order valence-corrected chi connectivity index (χ4v) is 4.17. The molecule has 0 aliphatic carbocycles. The highest BCUT2D eigenvalue weighted by molar-refractivity contribution is 9.10. The number of thiophene rings is 1. The van der Waals surface area contributed by atoms with Gasteiger partial charge in [0.15, 0.2) is 0 Å². The minimum Gasteiger partial charge on any atom is -0.497 e. The average Bonchev–Trinajstić information content (AvgIpc) is 3.28. The maximum atomic E-state index is 13.3. The summed E-state index contributed by atoms with van der Waals surface area (Å²) in [5.74, 6) is 0.509. The molecule has 2 aromatic heterocycles. The van der Waals surface area contributed by atoms with Crippen molar-refractivity contribution in [2.75, 3.05) is 12.0 Å². The summed E-state index contributed by atoms with van der Waals surface area (Å²) in [6, 6.07) is 16.5. The molecule has 2 heterocycles. The molecule has 152 valence electrons. The van der Waals surface area contributed by atoms with Crippen molar-refractivity contribution in [3.8, 4) is 5.75 Å². The van der Waals surface area contributed by atoms with Crippen LogP contribution in [-0.4, -0.2) is 22.6 Å². The molecule has 0 unspecified atom stereocenters. The number of amides is 1. The summed E-state index contributed by atoms with van der Waals surface area (Å²) in [5.41, 5.74) is 1.08. The maximum Gasteiger partial charge on any atom is 0.261 e. The van der Waals surface area contributed by atoms with Crippen LogP contribution >= 0.6 is 27.3 Å². The number of halogens is 1. The molecular weight excluding hydrogens is 466 g/mol. The van der Waals surface area contributed by atoms with Gasteiger partial charge in [-0.3, -0.25) is 14.2 Å². The van der Waals surface area contributed by atoms with Crippen LogP contribution in [-0.2, 0) is 17.9 Å². The monoisotopic (exact) mass is 483 g/mol. The summed E-state index contributed by atoms with van der Waals surface area (Å²) in [5, 5.41) is 2.44. The standard InChI is InChI=1S/C22H18BrN3O3S/c1-29-17-7-5-16(6-8-17)26(12-18-3-2-10-30-18)21(27)13-25-14-24-20-9-4-15(23)11-19(20)22(25)28/h2-11,14H,12-13H2,1H3. The number of nitrogens with zero attached hydrogens (tertiary/aromatic N) is 3. The van der Waals surface area contributed by atoms with Gasteiger partial charge in [0.05, 0.1) is 30.9 Å². The number of carbonyl (C=O) groups is 1. The Morgan fingerprint density at radius 1 is 1.20 bits per heavy atom. The first-order chi connectivity index (χ1) is 14.5. The van der Waals surface area contributed by atoms with Crippen molar-refractivity contribution in [3.63, 3.8) is 0 Å². The lowest BCUT2D eigenvalue weighted by atomic mass is 10.2. The van der Waals surface area contributed by atoms with Crippen molar-refractivity contribution in [1.29, 1.82) is 0 Å². The summed E-state index contributed by atoms with van der Waals surface area (Å²) < 4.78 is 7.36. The Hall–Kier alpha value is -2.97. The van der Waals surface area contributed by atoms with Gasteiger partial charge in [-0.25, -0.2) is 4.98 Å². The Morgan fingerprint density at radius 2 is 2.00 bits per heavy atom.